The maximum atomic E-state index is 12.3. The molecule has 1 fully saturated rings. The summed E-state index contributed by atoms with van der Waals surface area (Å²) >= 11 is 0. The van der Waals surface area contributed by atoms with Gasteiger partial charge in [0.05, 0.1) is 17.5 Å². The number of nitrogens with zero attached hydrogens (tertiary/aromatic N) is 4. The molecular weight excluding hydrogens is 456 g/mol. The number of amides is 1. The second-order valence-electron chi connectivity index (χ2n) is 8.30. The molecule has 4 rings (SSSR count). The van der Waals surface area contributed by atoms with Crippen molar-refractivity contribution >= 4 is 33.1 Å². The Balaban J connectivity index is 1.75. The van der Waals surface area contributed by atoms with Crippen LogP contribution in [-0.2, 0) is 21.2 Å². The number of ether oxygens (including phenoxy) is 1. The molecule has 0 unspecified atom stereocenters. The number of anilines is 3. The third-order valence-corrected chi connectivity index (χ3v) is 6.44. The van der Waals surface area contributed by atoms with Gasteiger partial charge in [-0.2, -0.15) is 5.10 Å². The highest BCUT2D eigenvalue weighted by Gasteiger charge is 2.20. The largest absolute Gasteiger partial charge is 0.490 e. The van der Waals surface area contributed by atoms with E-state index in [1.807, 2.05) is 19.2 Å². The molecule has 10 nitrogen and oxygen atoms in total. The highest BCUT2D eigenvalue weighted by molar-refractivity contribution is 7.90. The second kappa shape index (κ2) is 9.80. The van der Waals surface area contributed by atoms with E-state index >= 15 is 0 Å². The Kier molecular flexibility index (Phi) is 6.82. The Labute approximate surface area is 198 Å². The molecule has 0 saturated heterocycles. The van der Waals surface area contributed by atoms with E-state index in [0.717, 1.165) is 31.9 Å². The molecule has 1 aliphatic rings. The molecule has 0 aromatic carbocycles. The van der Waals surface area contributed by atoms with E-state index in [1.54, 1.807) is 23.0 Å². The third-order valence-electron chi connectivity index (χ3n) is 5.47. The molecule has 1 aliphatic carbocycles. The number of rotatable bonds is 8. The molecule has 0 bridgehead atoms. The summed E-state index contributed by atoms with van der Waals surface area (Å²) in [4.78, 5) is 20.2. The van der Waals surface area contributed by atoms with Crippen LogP contribution < -0.4 is 15.4 Å². The Morgan fingerprint density at radius 1 is 1.21 bits per heavy atom. The standard InChI is InChI=1S/C23H28N6O4S/c1-4-29-10-9-19(28-29)18-14-24-21(25-15(2)30)13-20(18)26-22-11-17(33-16-7-5-6-8-16)12-23(27-22)34(3,31)32/h9-14,16H,4-8H2,1-3H3,(H2,24,25,26,27,30). The average Bonchev–Trinajstić information content (AvgIpc) is 3.45. The summed E-state index contributed by atoms with van der Waals surface area (Å²) in [6.45, 7) is 4.09. The van der Waals surface area contributed by atoms with E-state index in [-0.39, 0.29) is 17.0 Å². The van der Waals surface area contributed by atoms with E-state index in [2.05, 4.69) is 25.7 Å². The number of aryl methyl sites for hydroxylation is 1. The van der Waals surface area contributed by atoms with E-state index < -0.39 is 9.84 Å². The summed E-state index contributed by atoms with van der Waals surface area (Å²) in [6.07, 6.45) is 8.70. The van der Waals surface area contributed by atoms with Crippen LogP contribution in [0, 0.1) is 0 Å². The first-order valence-corrected chi connectivity index (χ1v) is 13.1. The van der Waals surface area contributed by atoms with Gasteiger partial charge in [-0.3, -0.25) is 9.48 Å². The molecule has 2 N–H and O–H groups in total. The highest BCUT2D eigenvalue weighted by atomic mass is 32.2. The molecule has 11 heteroatoms. The van der Waals surface area contributed by atoms with Crippen molar-refractivity contribution in [1.29, 1.82) is 0 Å². The summed E-state index contributed by atoms with van der Waals surface area (Å²) in [6, 6.07) is 6.66. The predicted octanol–water partition coefficient (Wildman–Crippen LogP) is 3.79. The van der Waals surface area contributed by atoms with Crippen molar-refractivity contribution in [2.45, 2.75) is 57.2 Å². The minimum Gasteiger partial charge on any atom is -0.490 e. The first-order valence-electron chi connectivity index (χ1n) is 11.2. The fourth-order valence-corrected chi connectivity index (χ4v) is 4.43. The maximum absolute atomic E-state index is 12.3. The van der Waals surface area contributed by atoms with E-state index in [0.29, 0.717) is 40.9 Å². The molecule has 180 valence electrons. The molecule has 1 saturated carbocycles. The topological polar surface area (TPSA) is 128 Å². The van der Waals surface area contributed by atoms with Gasteiger partial charge in [0, 0.05) is 55.9 Å². The Morgan fingerprint density at radius 2 is 1.97 bits per heavy atom. The zero-order valence-corrected chi connectivity index (χ0v) is 20.2. The van der Waals surface area contributed by atoms with Crippen LogP contribution in [0.5, 0.6) is 5.75 Å². The number of hydrogen-bond acceptors (Lipinski definition) is 8. The SMILES string of the molecule is CCn1ccc(-c2cnc(NC(C)=O)cc2Nc2cc(OC3CCCC3)cc(S(C)(=O)=O)n2)n1. The molecule has 3 heterocycles. The van der Waals surface area contributed by atoms with Crippen LogP contribution in [0.1, 0.15) is 39.5 Å². The van der Waals surface area contributed by atoms with Crippen molar-refractivity contribution in [3.63, 3.8) is 0 Å². The van der Waals surface area contributed by atoms with Gasteiger partial charge in [0.2, 0.25) is 5.91 Å². The lowest BCUT2D eigenvalue weighted by Gasteiger charge is -2.16. The Hall–Kier alpha value is -3.47. The van der Waals surface area contributed by atoms with Gasteiger partial charge < -0.3 is 15.4 Å². The summed E-state index contributed by atoms with van der Waals surface area (Å²) in [5, 5.41) is 10.3. The zero-order chi connectivity index (χ0) is 24.3. The minimum absolute atomic E-state index is 0.0588. The fourth-order valence-electron chi connectivity index (χ4n) is 3.83. The number of aromatic nitrogens is 4. The molecule has 3 aromatic rings. The van der Waals surface area contributed by atoms with Crippen molar-refractivity contribution in [3.05, 3.63) is 36.7 Å². The molecule has 0 atom stereocenters. The smallest absolute Gasteiger partial charge is 0.222 e. The summed E-state index contributed by atoms with van der Waals surface area (Å²) < 4.78 is 32.5. The lowest BCUT2D eigenvalue weighted by atomic mass is 10.1. The van der Waals surface area contributed by atoms with Gasteiger partial charge in [0.1, 0.15) is 17.4 Å². The summed E-state index contributed by atoms with van der Waals surface area (Å²) in [7, 11) is -3.58. The van der Waals surface area contributed by atoms with Gasteiger partial charge in [-0.25, -0.2) is 18.4 Å². The zero-order valence-electron chi connectivity index (χ0n) is 19.4. The Bertz CT molecular complexity index is 1300. The van der Waals surface area contributed by atoms with Crippen LogP contribution in [0.15, 0.2) is 41.7 Å². The first kappa shape index (κ1) is 23.7. The third kappa shape index (κ3) is 5.71. The molecule has 0 radical (unpaired) electrons. The maximum Gasteiger partial charge on any atom is 0.222 e. The molecule has 3 aromatic heterocycles. The number of carbonyl (C=O) groups is 1. The number of pyridine rings is 2. The number of sulfone groups is 1. The van der Waals surface area contributed by atoms with Crippen LogP contribution >= 0.6 is 0 Å². The molecule has 34 heavy (non-hydrogen) atoms. The average molecular weight is 485 g/mol. The lowest BCUT2D eigenvalue weighted by molar-refractivity contribution is -0.114. The van der Waals surface area contributed by atoms with Crippen molar-refractivity contribution in [1.82, 2.24) is 19.7 Å². The van der Waals surface area contributed by atoms with Gasteiger partial charge in [-0.05, 0) is 38.7 Å². The van der Waals surface area contributed by atoms with Gasteiger partial charge in [-0.15, -0.1) is 0 Å². The second-order valence-corrected chi connectivity index (χ2v) is 10.3. The fraction of sp³-hybridized carbons (Fsp3) is 0.391. The number of hydrogen-bond donors (Lipinski definition) is 2. The predicted molar refractivity (Wildman–Crippen MR) is 129 cm³/mol. The van der Waals surface area contributed by atoms with Crippen LogP contribution in [0.4, 0.5) is 17.3 Å². The molecule has 0 spiro atoms. The normalized spacial score (nSPS) is 14.2. The number of carbonyl (C=O) groups excluding carboxylic acids is 1. The summed E-state index contributed by atoms with van der Waals surface area (Å²) in [5.41, 5.74) is 1.91. The van der Waals surface area contributed by atoms with Crippen LogP contribution in [0.25, 0.3) is 11.3 Å². The van der Waals surface area contributed by atoms with Gasteiger partial charge in [0.15, 0.2) is 14.9 Å². The van der Waals surface area contributed by atoms with Crippen molar-refractivity contribution < 1.29 is 17.9 Å². The molecule has 1 amide bonds. The first-order chi connectivity index (χ1) is 16.2. The van der Waals surface area contributed by atoms with Gasteiger partial charge in [-0.1, -0.05) is 0 Å². The van der Waals surface area contributed by atoms with Crippen molar-refractivity contribution in [2.75, 3.05) is 16.9 Å². The number of nitrogens with one attached hydrogen (secondary N) is 2. The highest BCUT2D eigenvalue weighted by Crippen LogP contribution is 2.33. The van der Waals surface area contributed by atoms with Gasteiger partial charge in [0.25, 0.3) is 0 Å². The molecular formula is C23H28N6O4S. The molecule has 0 aliphatic heterocycles. The van der Waals surface area contributed by atoms with E-state index in [4.69, 9.17) is 4.74 Å². The van der Waals surface area contributed by atoms with Gasteiger partial charge >= 0.3 is 0 Å². The van der Waals surface area contributed by atoms with Crippen LogP contribution in [0.3, 0.4) is 0 Å². The van der Waals surface area contributed by atoms with E-state index in [1.165, 1.54) is 13.0 Å². The quantitative estimate of drug-likeness (QED) is 0.494. The lowest BCUT2D eigenvalue weighted by Crippen LogP contribution is -2.12. The van der Waals surface area contributed by atoms with Crippen LogP contribution in [0.2, 0.25) is 0 Å². The van der Waals surface area contributed by atoms with Crippen LogP contribution in [-0.4, -0.2) is 46.4 Å². The van der Waals surface area contributed by atoms with Crippen molar-refractivity contribution in [3.8, 4) is 17.0 Å². The van der Waals surface area contributed by atoms with E-state index in [9.17, 15) is 13.2 Å². The Morgan fingerprint density at radius 3 is 2.62 bits per heavy atom. The minimum atomic E-state index is -3.58. The van der Waals surface area contributed by atoms with Crippen molar-refractivity contribution in [2.24, 2.45) is 0 Å². The monoisotopic (exact) mass is 484 g/mol. The summed E-state index contributed by atoms with van der Waals surface area (Å²) in [5.74, 6) is 0.825.